The molecule has 0 saturated carbocycles. The molecule has 11 heavy (non-hydrogen) atoms. The van der Waals surface area contributed by atoms with Crippen LogP contribution >= 0.6 is 7.60 Å². The van der Waals surface area contributed by atoms with Gasteiger partial charge in [-0.05, 0) is 12.1 Å². The van der Waals surface area contributed by atoms with Gasteiger partial charge in [-0.2, -0.15) is 0 Å². The van der Waals surface area contributed by atoms with E-state index in [1.165, 1.54) is 12.1 Å². The fourth-order valence-corrected chi connectivity index (χ4v) is 1.18. The molecule has 1 radical (unpaired) electrons. The van der Waals surface area contributed by atoms with Crippen LogP contribution in [0, 0.1) is 0 Å². The van der Waals surface area contributed by atoms with Crippen LogP contribution in [0.1, 0.15) is 0 Å². The molecule has 0 aliphatic carbocycles. The van der Waals surface area contributed by atoms with Gasteiger partial charge >= 0.3 is 7.60 Å². The first-order valence-corrected chi connectivity index (χ1v) is 4.33. The van der Waals surface area contributed by atoms with E-state index < -0.39 is 7.60 Å². The quantitative estimate of drug-likeness (QED) is 0.477. The largest absolute Gasteiger partial charge is 0.356 e. The van der Waals surface area contributed by atoms with Crippen LogP contribution in [0.25, 0.3) is 0 Å². The molecule has 1 aromatic rings. The Labute approximate surface area is 86.9 Å². The molecule has 2 N–H and O–H groups in total. The molecule has 0 bridgehead atoms. The molecular formula is C6H7NaO3P. The minimum Gasteiger partial charge on any atom is -0.321 e. The Bertz CT molecular complexity index is 256. The normalized spacial score (nSPS) is 10.4. The molecule has 0 aliphatic rings. The predicted octanol–water partition coefficient (Wildman–Crippen LogP) is 0.109. The monoisotopic (exact) mass is 181 g/mol. The van der Waals surface area contributed by atoms with E-state index in [4.69, 9.17) is 9.79 Å². The molecule has 0 aromatic heterocycles. The van der Waals surface area contributed by atoms with Crippen LogP contribution in [0.5, 0.6) is 0 Å². The van der Waals surface area contributed by atoms with Crippen LogP contribution in [0.15, 0.2) is 30.3 Å². The van der Waals surface area contributed by atoms with Crippen molar-refractivity contribution in [1.29, 1.82) is 0 Å². The first-order valence-electron chi connectivity index (χ1n) is 2.72. The SMILES string of the molecule is O=P(O)(O)c1ccccc1.[Na]. The smallest absolute Gasteiger partial charge is 0.321 e. The van der Waals surface area contributed by atoms with Crippen molar-refractivity contribution in [2.75, 3.05) is 0 Å². The molecule has 0 atom stereocenters. The fourth-order valence-electron chi connectivity index (χ4n) is 0.622. The second kappa shape index (κ2) is 4.41. The van der Waals surface area contributed by atoms with Crippen molar-refractivity contribution >= 4 is 42.5 Å². The van der Waals surface area contributed by atoms with Crippen molar-refractivity contribution in [1.82, 2.24) is 0 Å². The summed E-state index contributed by atoms with van der Waals surface area (Å²) < 4.78 is 10.5. The van der Waals surface area contributed by atoms with Crippen molar-refractivity contribution in [3.63, 3.8) is 0 Å². The topological polar surface area (TPSA) is 57.5 Å². The van der Waals surface area contributed by atoms with Gasteiger partial charge in [0.1, 0.15) is 0 Å². The van der Waals surface area contributed by atoms with Gasteiger partial charge < -0.3 is 9.79 Å². The number of benzene rings is 1. The molecular weight excluding hydrogens is 174 g/mol. The van der Waals surface area contributed by atoms with Gasteiger partial charge in [0.15, 0.2) is 0 Å². The van der Waals surface area contributed by atoms with Crippen molar-refractivity contribution in [2.24, 2.45) is 0 Å². The van der Waals surface area contributed by atoms with Gasteiger partial charge in [0.05, 0.1) is 5.30 Å². The van der Waals surface area contributed by atoms with Crippen molar-refractivity contribution in [2.45, 2.75) is 0 Å². The Balaban J connectivity index is 0.000001000. The Hall–Kier alpha value is 0.370. The first kappa shape index (κ1) is 11.4. The summed E-state index contributed by atoms with van der Waals surface area (Å²) in [4.78, 5) is 17.2. The standard InChI is InChI=1S/C6H7O3P.Na/c7-10(8,9)6-4-2-1-3-5-6;/h1-5H,(H2,7,8,9);. The summed E-state index contributed by atoms with van der Waals surface area (Å²) in [6.07, 6.45) is 0. The average Bonchev–Trinajstić information content (AvgIpc) is 1.88. The van der Waals surface area contributed by atoms with Crippen LogP contribution in [0.3, 0.4) is 0 Å². The molecule has 0 heterocycles. The summed E-state index contributed by atoms with van der Waals surface area (Å²) in [5.74, 6) is 0. The van der Waals surface area contributed by atoms with E-state index in [0.717, 1.165) is 0 Å². The van der Waals surface area contributed by atoms with Crippen LogP contribution in [0.2, 0.25) is 0 Å². The molecule has 0 saturated heterocycles. The Morgan fingerprint density at radius 3 is 1.82 bits per heavy atom. The molecule has 55 valence electrons. The fraction of sp³-hybridized carbons (Fsp3) is 0. The summed E-state index contributed by atoms with van der Waals surface area (Å²) in [7, 11) is -4.02. The average molecular weight is 181 g/mol. The van der Waals surface area contributed by atoms with Crippen LogP contribution in [0.4, 0.5) is 0 Å². The molecule has 0 spiro atoms. The van der Waals surface area contributed by atoms with Crippen molar-refractivity contribution in [3.05, 3.63) is 30.3 Å². The van der Waals surface area contributed by atoms with Crippen molar-refractivity contribution < 1.29 is 14.4 Å². The zero-order valence-electron chi connectivity index (χ0n) is 6.14. The van der Waals surface area contributed by atoms with Gasteiger partial charge in [-0.25, -0.2) is 0 Å². The second-order valence-corrected chi connectivity index (χ2v) is 3.48. The van der Waals surface area contributed by atoms with E-state index in [1.807, 2.05) is 0 Å². The molecule has 0 unspecified atom stereocenters. The number of hydrogen-bond acceptors (Lipinski definition) is 1. The molecule has 5 heteroatoms. The summed E-state index contributed by atoms with van der Waals surface area (Å²) in [6, 6.07) is 7.70. The maximum atomic E-state index is 10.5. The van der Waals surface area contributed by atoms with E-state index in [1.54, 1.807) is 18.2 Å². The number of hydrogen-bond donors (Lipinski definition) is 2. The third kappa shape index (κ3) is 3.52. The van der Waals surface area contributed by atoms with Crippen molar-refractivity contribution in [3.8, 4) is 0 Å². The Kier molecular flexibility index (Phi) is 4.56. The third-order valence-corrected chi connectivity index (χ3v) is 2.06. The minimum absolute atomic E-state index is 0. The van der Waals surface area contributed by atoms with Gasteiger partial charge in [0.2, 0.25) is 0 Å². The molecule has 3 nitrogen and oxygen atoms in total. The Morgan fingerprint density at radius 1 is 1.09 bits per heavy atom. The first-order chi connectivity index (χ1) is 4.61. The minimum atomic E-state index is -4.02. The molecule has 0 amide bonds. The van der Waals surface area contributed by atoms with Gasteiger partial charge in [-0.1, -0.05) is 18.2 Å². The van der Waals surface area contributed by atoms with E-state index in [0.29, 0.717) is 0 Å². The zero-order chi connectivity index (χ0) is 7.61. The molecule has 1 aromatic carbocycles. The molecule has 0 aliphatic heterocycles. The molecule has 0 fully saturated rings. The maximum absolute atomic E-state index is 10.5. The van der Waals surface area contributed by atoms with Crippen LogP contribution in [-0.2, 0) is 4.57 Å². The summed E-state index contributed by atoms with van der Waals surface area (Å²) in [5, 5.41) is 0.0648. The third-order valence-electron chi connectivity index (χ3n) is 1.09. The Morgan fingerprint density at radius 2 is 1.55 bits per heavy atom. The van der Waals surface area contributed by atoms with Crippen LogP contribution < -0.4 is 5.30 Å². The summed E-state index contributed by atoms with van der Waals surface area (Å²) in [5.41, 5.74) is 0. The predicted molar refractivity (Wildman–Crippen MR) is 43.9 cm³/mol. The van der Waals surface area contributed by atoms with Crippen LogP contribution in [-0.4, -0.2) is 39.3 Å². The second-order valence-electron chi connectivity index (χ2n) is 1.88. The summed E-state index contributed by atoms with van der Waals surface area (Å²) in [6.45, 7) is 0. The van der Waals surface area contributed by atoms with E-state index in [9.17, 15) is 4.57 Å². The van der Waals surface area contributed by atoms with Gasteiger partial charge in [0.25, 0.3) is 0 Å². The van der Waals surface area contributed by atoms with Gasteiger partial charge in [-0.3, -0.25) is 4.57 Å². The maximum Gasteiger partial charge on any atom is 0.356 e. The number of rotatable bonds is 1. The molecule has 1 rings (SSSR count). The van der Waals surface area contributed by atoms with Gasteiger partial charge in [-0.15, -0.1) is 0 Å². The van der Waals surface area contributed by atoms with E-state index in [-0.39, 0.29) is 34.9 Å². The zero-order valence-corrected chi connectivity index (χ0v) is 9.03. The van der Waals surface area contributed by atoms with E-state index in [2.05, 4.69) is 0 Å². The van der Waals surface area contributed by atoms with Gasteiger partial charge in [0, 0.05) is 29.6 Å². The van der Waals surface area contributed by atoms with E-state index >= 15 is 0 Å². The summed E-state index contributed by atoms with van der Waals surface area (Å²) >= 11 is 0.